The molecule has 29 heavy (non-hydrogen) atoms. The third-order valence-electron chi connectivity index (χ3n) is 5.18. The van der Waals surface area contributed by atoms with Crippen molar-refractivity contribution in [3.05, 3.63) is 59.7 Å². The van der Waals surface area contributed by atoms with E-state index in [1.807, 2.05) is 48.5 Å². The van der Waals surface area contributed by atoms with Gasteiger partial charge in [0.15, 0.2) is 0 Å². The minimum atomic E-state index is -0.664. The summed E-state index contributed by atoms with van der Waals surface area (Å²) in [4.78, 5) is 12.4. The van der Waals surface area contributed by atoms with E-state index in [1.165, 1.54) is 44.9 Å². The predicted octanol–water partition coefficient (Wildman–Crippen LogP) is 7.90. The molecule has 3 nitrogen and oxygen atoms in total. The highest BCUT2D eigenvalue weighted by atomic mass is 16.7. The van der Waals surface area contributed by atoms with Crippen molar-refractivity contribution in [2.45, 2.75) is 84.5 Å². The molecule has 3 heteroatoms. The fraction of sp³-hybridized carbons (Fsp3) is 0.500. The molecule has 0 aromatic heterocycles. The second-order valence-electron chi connectivity index (χ2n) is 7.64. The summed E-state index contributed by atoms with van der Waals surface area (Å²) < 4.78 is 11.1. The first-order chi connectivity index (χ1) is 14.2. The van der Waals surface area contributed by atoms with Crippen molar-refractivity contribution in [1.29, 1.82) is 0 Å². The van der Waals surface area contributed by atoms with Gasteiger partial charge in [-0.25, -0.2) is 4.79 Å². The second kappa shape index (κ2) is 13.8. The van der Waals surface area contributed by atoms with Gasteiger partial charge >= 0.3 is 6.16 Å². The van der Waals surface area contributed by atoms with Crippen LogP contribution in [0.1, 0.15) is 82.8 Å². The summed E-state index contributed by atoms with van der Waals surface area (Å²) >= 11 is 0. The highest BCUT2D eigenvalue weighted by Crippen LogP contribution is 2.24. The monoisotopic (exact) mass is 396 g/mol. The molecule has 0 spiro atoms. The van der Waals surface area contributed by atoms with Crippen molar-refractivity contribution >= 4 is 6.16 Å². The number of ether oxygens (including phenoxy) is 2. The van der Waals surface area contributed by atoms with Gasteiger partial charge in [-0.1, -0.05) is 95.2 Å². The molecule has 0 heterocycles. The predicted molar refractivity (Wildman–Crippen MR) is 120 cm³/mol. The van der Waals surface area contributed by atoms with E-state index in [2.05, 4.69) is 13.8 Å². The van der Waals surface area contributed by atoms with Gasteiger partial charge in [-0.05, 0) is 48.9 Å². The van der Waals surface area contributed by atoms with Gasteiger partial charge in [0.2, 0.25) is 0 Å². The lowest BCUT2D eigenvalue weighted by molar-refractivity contribution is 0.151. The van der Waals surface area contributed by atoms with E-state index in [4.69, 9.17) is 9.47 Å². The summed E-state index contributed by atoms with van der Waals surface area (Å²) in [7, 11) is 0. The molecule has 2 rings (SSSR count). The van der Waals surface area contributed by atoms with Crippen LogP contribution in [0.5, 0.6) is 11.5 Å². The second-order valence-corrected chi connectivity index (χ2v) is 7.64. The largest absolute Gasteiger partial charge is 0.519 e. The molecule has 2 aromatic carbocycles. The molecule has 0 radical (unpaired) electrons. The van der Waals surface area contributed by atoms with Crippen LogP contribution in [0.25, 0.3) is 0 Å². The Labute approximate surface area is 176 Å². The van der Waals surface area contributed by atoms with E-state index < -0.39 is 6.16 Å². The van der Waals surface area contributed by atoms with Crippen molar-refractivity contribution < 1.29 is 14.3 Å². The first kappa shape index (κ1) is 23.0. The summed E-state index contributed by atoms with van der Waals surface area (Å²) in [6.45, 7) is 4.42. The number of hydrogen-bond donors (Lipinski definition) is 0. The SMILES string of the molecule is CCCCCCCCc1ccccc1OC(=O)Oc1ccccc1CCCCC. The lowest BCUT2D eigenvalue weighted by Gasteiger charge is -2.12. The fourth-order valence-corrected chi connectivity index (χ4v) is 3.48. The Hall–Kier alpha value is -2.29. The molecule has 0 amide bonds. The number of unbranched alkanes of at least 4 members (excludes halogenated alkanes) is 7. The van der Waals surface area contributed by atoms with E-state index >= 15 is 0 Å². The van der Waals surface area contributed by atoms with Crippen LogP contribution in [0, 0.1) is 0 Å². The Kier molecular flexibility index (Phi) is 11.0. The summed E-state index contributed by atoms with van der Waals surface area (Å²) in [5.41, 5.74) is 2.12. The van der Waals surface area contributed by atoms with E-state index in [9.17, 15) is 4.79 Å². The molecular formula is C26H36O3. The average molecular weight is 397 g/mol. The molecule has 0 aliphatic carbocycles. The number of hydrogen-bond acceptors (Lipinski definition) is 3. The highest BCUT2D eigenvalue weighted by molar-refractivity contribution is 5.68. The van der Waals surface area contributed by atoms with Gasteiger partial charge in [0, 0.05) is 0 Å². The standard InChI is InChI=1S/C26H36O3/c1-3-5-7-8-9-11-17-23-19-13-15-21-25(23)29-26(27)28-24-20-14-12-18-22(24)16-10-6-4-2/h12-15,18-21H,3-11,16-17H2,1-2H3. The van der Waals surface area contributed by atoms with E-state index in [0.29, 0.717) is 11.5 Å². The smallest absolute Gasteiger partial charge is 0.394 e. The quantitative estimate of drug-likeness (QED) is 0.196. The zero-order valence-electron chi connectivity index (χ0n) is 18.1. The van der Waals surface area contributed by atoms with Crippen molar-refractivity contribution in [3.8, 4) is 11.5 Å². The van der Waals surface area contributed by atoms with Gasteiger partial charge in [-0.3, -0.25) is 0 Å². The number of benzene rings is 2. The lowest BCUT2D eigenvalue weighted by atomic mass is 10.0. The molecule has 0 bridgehead atoms. The van der Waals surface area contributed by atoms with Crippen LogP contribution in [0.3, 0.4) is 0 Å². The third kappa shape index (κ3) is 8.72. The van der Waals surface area contributed by atoms with E-state index in [0.717, 1.165) is 36.8 Å². The Morgan fingerprint density at radius 1 is 0.621 bits per heavy atom. The lowest BCUT2D eigenvalue weighted by Crippen LogP contribution is -2.15. The van der Waals surface area contributed by atoms with Crippen LogP contribution >= 0.6 is 0 Å². The van der Waals surface area contributed by atoms with Crippen LogP contribution in [-0.2, 0) is 12.8 Å². The van der Waals surface area contributed by atoms with E-state index in [-0.39, 0.29) is 0 Å². The zero-order valence-corrected chi connectivity index (χ0v) is 18.1. The van der Waals surface area contributed by atoms with Gasteiger partial charge in [-0.15, -0.1) is 0 Å². The van der Waals surface area contributed by atoms with Crippen LogP contribution < -0.4 is 9.47 Å². The first-order valence-corrected chi connectivity index (χ1v) is 11.3. The topological polar surface area (TPSA) is 35.5 Å². The van der Waals surface area contributed by atoms with Crippen molar-refractivity contribution in [2.75, 3.05) is 0 Å². The van der Waals surface area contributed by atoms with Crippen LogP contribution in [0.4, 0.5) is 4.79 Å². The molecular weight excluding hydrogens is 360 g/mol. The van der Waals surface area contributed by atoms with E-state index in [1.54, 1.807) is 0 Å². The van der Waals surface area contributed by atoms with Crippen molar-refractivity contribution in [3.63, 3.8) is 0 Å². The molecule has 0 atom stereocenters. The number of rotatable bonds is 13. The summed E-state index contributed by atoms with van der Waals surface area (Å²) in [5, 5.41) is 0. The summed E-state index contributed by atoms with van der Waals surface area (Å²) in [6.07, 6.45) is 12.1. The Bertz CT molecular complexity index is 723. The zero-order chi connectivity index (χ0) is 20.7. The Morgan fingerprint density at radius 3 is 1.59 bits per heavy atom. The van der Waals surface area contributed by atoms with Crippen molar-refractivity contribution in [2.24, 2.45) is 0 Å². The summed E-state index contributed by atoms with van der Waals surface area (Å²) in [6, 6.07) is 15.5. The third-order valence-corrected chi connectivity index (χ3v) is 5.18. The normalized spacial score (nSPS) is 10.7. The molecule has 0 fully saturated rings. The van der Waals surface area contributed by atoms with Crippen LogP contribution in [-0.4, -0.2) is 6.16 Å². The maximum atomic E-state index is 12.4. The van der Waals surface area contributed by atoms with Gasteiger partial charge in [0.1, 0.15) is 11.5 Å². The Balaban J connectivity index is 1.89. The minimum absolute atomic E-state index is 0.599. The molecule has 0 saturated heterocycles. The average Bonchev–Trinajstić information content (AvgIpc) is 2.73. The molecule has 158 valence electrons. The van der Waals surface area contributed by atoms with Gasteiger partial charge in [0.05, 0.1) is 0 Å². The Morgan fingerprint density at radius 2 is 1.03 bits per heavy atom. The van der Waals surface area contributed by atoms with Gasteiger partial charge in [0.25, 0.3) is 0 Å². The number of carbonyl (C=O) groups excluding carboxylic acids is 1. The molecule has 0 saturated carbocycles. The maximum absolute atomic E-state index is 12.4. The van der Waals surface area contributed by atoms with Gasteiger partial charge in [-0.2, -0.15) is 0 Å². The van der Waals surface area contributed by atoms with Crippen LogP contribution in [0.2, 0.25) is 0 Å². The first-order valence-electron chi connectivity index (χ1n) is 11.3. The number of aryl methyl sites for hydroxylation is 2. The van der Waals surface area contributed by atoms with Gasteiger partial charge < -0.3 is 9.47 Å². The molecule has 0 N–H and O–H groups in total. The minimum Gasteiger partial charge on any atom is -0.394 e. The van der Waals surface area contributed by atoms with Crippen molar-refractivity contribution in [1.82, 2.24) is 0 Å². The molecule has 0 unspecified atom stereocenters. The highest BCUT2D eigenvalue weighted by Gasteiger charge is 2.13. The number of carbonyl (C=O) groups is 1. The summed E-state index contributed by atoms with van der Waals surface area (Å²) in [5.74, 6) is 1.21. The van der Waals surface area contributed by atoms with Crippen LogP contribution in [0.15, 0.2) is 48.5 Å². The molecule has 2 aromatic rings. The number of para-hydroxylation sites is 2. The molecule has 0 aliphatic heterocycles. The fourth-order valence-electron chi connectivity index (χ4n) is 3.48. The molecule has 0 aliphatic rings. The maximum Gasteiger partial charge on any atom is 0.519 e.